The van der Waals surface area contributed by atoms with Gasteiger partial charge < -0.3 is 9.47 Å². The van der Waals surface area contributed by atoms with Crippen LogP contribution in [-0.4, -0.2) is 24.6 Å². The minimum absolute atomic E-state index is 0.173. The fourth-order valence-corrected chi connectivity index (χ4v) is 3.47. The minimum atomic E-state index is 0.173. The molecule has 3 heteroatoms. The van der Waals surface area contributed by atoms with Crippen LogP contribution in [0.3, 0.4) is 0 Å². The summed E-state index contributed by atoms with van der Waals surface area (Å²) in [6.45, 7) is 1.34. The molecule has 0 N–H and O–H groups in total. The quantitative estimate of drug-likeness (QED) is 0.799. The molecule has 120 valence electrons. The smallest absolute Gasteiger partial charge is 0.138 e. The molecular weight excluding hydrogens is 276 g/mol. The summed E-state index contributed by atoms with van der Waals surface area (Å²) < 4.78 is 12.0. The van der Waals surface area contributed by atoms with E-state index in [9.17, 15) is 4.79 Å². The van der Waals surface area contributed by atoms with Gasteiger partial charge in [-0.3, -0.25) is 4.79 Å². The molecule has 3 rings (SSSR count). The molecule has 0 aromatic heterocycles. The average Bonchev–Trinajstić information content (AvgIpc) is 2.98. The number of rotatable bonds is 6. The van der Waals surface area contributed by atoms with Gasteiger partial charge in [0.2, 0.25) is 0 Å². The van der Waals surface area contributed by atoms with E-state index in [-0.39, 0.29) is 5.92 Å². The fourth-order valence-electron chi connectivity index (χ4n) is 3.47. The van der Waals surface area contributed by atoms with Crippen molar-refractivity contribution in [2.75, 3.05) is 6.61 Å². The summed E-state index contributed by atoms with van der Waals surface area (Å²) in [6.07, 6.45) is 7.75. The first-order chi connectivity index (χ1) is 10.8. The molecule has 3 nitrogen and oxygen atoms in total. The standard InChI is InChI=1S/C19H26O3/c20-19-8-4-7-16(19)14-22-18-11-9-17(10-12-18)21-13-15-5-2-1-3-6-15/h1-3,5-6,16-18H,4,7-14H2. The van der Waals surface area contributed by atoms with Gasteiger partial charge in [-0.05, 0) is 44.1 Å². The molecule has 1 atom stereocenters. The van der Waals surface area contributed by atoms with Crippen LogP contribution < -0.4 is 0 Å². The number of hydrogen-bond acceptors (Lipinski definition) is 3. The second-order valence-electron chi connectivity index (χ2n) is 6.58. The van der Waals surface area contributed by atoms with E-state index in [1.165, 1.54) is 5.56 Å². The summed E-state index contributed by atoms with van der Waals surface area (Å²) in [6, 6.07) is 10.3. The average molecular weight is 302 g/mol. The van der Waals surface area contributed by atoms with E-state index in [1.54, 1.807) is 0 Å². The highest BCUT2D eigenvalue weighted by molar-refractivity contribution is 5.82. The zero-order chi connectivity index (χ0) is 15.2. The lowest BCUT2D eigenvalue weighted by atomic mass is 9.94. The Bertz CT molecular complexity index is 463. The van der Waals surface area contributed by atoms with Gasteiger partial charge in [0.1, 0.15) is 5.78 Å². The number of carbonyl (C=O) groups is 1. The Kier molecular flexibility index (Phi) is 5.63. The summed E-state index contributed by atoms with van der Waals surface area (Å²) >= 11 is 0. The Balaban J connectivity index is 1.33. The van der Waals surface area contributed by atoms with E-state index in [2.05, 4.69) is 12.1 Å². The number of ketones is 1. The van der Waals surface area contributed by atoms with Crippen molar-refractivity contribution < 1.29 is 14.3 Å². The molecule has 0 radical (unpaired) electrons. The lowest BCUT2D eigenvalue weighted by Gasteiger charge is -2.29. The summed E-state index contributed by atoms with van der Waals surface area (Å²) in [7, 11) is 0. The molecular formula is C19H26O3. The Labute approximate surface area is 133 Å². The second kappa shape index (κ2) is 7.89. The van der Waals surface area contributed by atoms with E-state index in [1.807, 2.05) is 18.2 Å². The highest BCUT2D eigenvalue weighted by atomic mass is 16.5. The van der Waals surface area contributed by atoms with Crippen molar-refractivity contribution in [2.24, 2.45) is 5.92 Å². The molecule has 1 aromatic carbocycles. The van der Waals surface area contributed by atoms with Gasteiger partial charge in [0, 0.05) is 12.3 Å². The van der Waals surface area contributed by atoms with Crippen LogP contribution >= 0.6 is 0 Å². The maximum Gasteiger partial charge on any atom is 0.138 e. The van der Waals surface area contributed by atoms with Crippen LogP contribution in [-0.2, 0) is 20.9 Å². The zero-order valence-corrected chi connectivity index (χ0v) is 13.2. The van der Waals surface area contributed by atoms with Crippen LogP contribution in [0.15, 0.2) is 30.3 Å². The molecule has 0 bridgehead atoms. The molecule has 2 saturated carbocycles. The molecule has 2 aliphatic carbocycles. The van der Waals surface area contributed by atoms with Crippen LogP contribution in [0.4, 0.5) is 0 Å². The summed E-state index contributed by atoms with van der Waals surface area (Å²) in [5.41, 5.74) is 1.24. The van der Waals surface area contributed by atoms with Crippen molar-refractivity contribution in [2.45, 2.75) is 63.8 Å². The molecule has 1 unspecified atom stereocenters. The maximum atomic E-state index is 11.6. The predicted octanol–water partition coefficient (Wildman–Crippen LogP) is 3.90. The van der Waals surface area contributed by atoms with Crippen LogP contribution in [0.25, 0.3) is 0 Å². The van der Waals surface area contributed by atoms with Crippen molar-refractivity contribution in [1.82, 2.24) is 0 Å². The van der Waals surface area contributed by atoms with Gasteiger partial charge in [-0.25, -0.2) is 0 Å². The van der Waals surface area contributed by atoms with Crippen molar-refractivity contribution in [3.63, 3.8) is 0 Å². The molecule has 0 amide bonds. The van der Waals surface area contributed by atoms with Crippen molar-refractivity contribution >= 4 is 5.78 Å². The van der Waals surface area contributed by atoms with E-state index >= 15 is 0 Å². The summed E-state index contributed by atoms with van der Waals surface area (Å²) in [5, 5.41) is 0. The lowest BCUT2D eigenvalue weighted by Crippen LogP contribution is -2.28. The Hall–Kier alpha value is -1.19. The van der Waals surface area contributed by atoms with Crippen LogP contribution in [0.1, 0.15) is 50.5 Å². The first-order valence-electron chi connectivity index (χ1n) is 8.61. The zero-order valence-electron chi connectivity index (χ0n) is 13.2. The van der Waals surface area contributed by atoms with Crippen molar-refractivity contribution in [3.05, 3.63) is 35.9 Å². The summed E-state index contributed by atoms with van der Waals surface area (Å²) in [5.74, 6) is 0.576. The Morgan fingerprint density at radius 2 is 1.59 bits per heavy atom. The van der Waals surface area contributed by atoms with Crippen LogP contribution in [0.5, 0.6) is 0 Å². The van der Waals surface area contributed by atoms with Gasteiger partial charge in [-0.15, -0.1) is 0 Å². The number of benzene rings is 1. The van der Waals surface area contributed by atoms with Crippen molar-refractivity contribution in [1.29, 1.82) is 0 Å². The Morgan fingerprint density at radius 3 is 2.23 bits per heavy atom. The molecule has 22 heavy (non-hydrogen) atoms. The molecule has 0 heterocycles. The van der Waals surface area contributed by atoms with Crippen LogP contribution in [0.2, 0.25) is 0 Å². The molecule has 2 aliphatic rings. The van der Waals surface area contributed by atoms with Gasteiger partial charge in [0.05, 0.1) is 25.4 Å². The van der Waals surface area contributed by atoms with E-state index in [4.69, 9.17) is 9.47 Å². The molecule has 1 aromatic rings. The predicted molar refractivity (Wildman–Crippen MR) is 85.6 cm³/mol. The van der Waals surface area contributed by atoms with E-state index in [0.717, 1.165) is 44.9 Å². The topological polar surface area (TPSA) is 35.5 Å². The van der Waals surface area contributed by atoms with Gasteiger partial charge >= 0.3 is 0 Å². The first kappa shape index (κ1) is 15.7. The van der Waals surface area contributed by atoms with Gasteiger partial charge in [0.15, 0.2) is 0 Å². The largest absolute Gasteiger partial charge is 0.377 e. The van der Waals surface area contributed by atoms with Gasteiger partial charge in [-0.1, -0.05) is 30.3 Å². The first-order valence-corrected chi connectivity index (χ1v) is 8.61. The lowest BCUT2D eigenvalue weighted by molar-refractivity contribution is -0.123. The summed E-state index contributed by atoms with van der Waals surface area (Å²) in [4.78, 5) is 11.6. The Morgan fingerprint density at radius 1 is 0.909 bits per heavy atom. The van der Waals surface area contributed by atoms with Crippen molar-refractivity contribution in [3.8, 4) is 0 Å². The van der Waals surface area contributed by atoms with E-state index < -0.39 is 0 Å². The highest BCUT2D eigenvalue weighted by Gasteiger charge is 2.27. The van der Waals surface area contributed by atoms with E-state index in [0.29, 0.717) is 31.2 Å². The fraction of sp³-hybridized carbons (Fsp3) is 0.632. The third-order valence-electron chi connectivity index (χ3n) is 4.91. The highest BCUT2D eigenvalue weighted by Crippen LogP contribution is 2.27. The van der Waals surface area contributed by atoms with Crippen LogP contribution in [0, 0.1) is 5.92 Å². The normalized spacial score (nSPS) is 28.9. The third-order valence-corrected chi connectivity index (χ3v) is 4.91. The number of hydrogen-bond donors (Lipinski definition) is 0. The maximum absolute atomic E-state index is 11.6. The monoisotopic (exact) mass is 302 g/mol. The SMILES string of the molecule is O=C1CCCC1COC1CCC(OCc2ccccc2)CC1. The second-order valence-corrected chi connectivity index (χ2v) is 6.58. The third kappa shape index (κ3) is 4.40. The molecule has 0 saturated heterocycles. The van der Waals surface area contributed by atoms with Gasteiger partial charge in [0.25, 0.3) is 0 Å². The molecule has 0 spiro atoms. The number of Topliss-reactive ketones (excluding diaryl/α,β-unsaturated/α-hetero) is 1. The number of carbonyl (C=O) groups excluding carboxylic acids is 1. The number of ether oxygens (including phenoxy) is 2. The van der Waals surface area contributed by atoms with Gasteiger partial charge in [-0.2, -0.15) is 0 Å². The molecule has 0 aliphatic heterocycles. The molecule has 2 fully saturated rings. The minimum Gasteiger partial charge on any atom is -0.377 e.